The van der Waals surface area contributed by atoms with Crippen molar-refractivity contribution in [1.82, 2.24) is 9.78 Å². The van der Waals surface area contributed by atoms with Gasteiger partial charge in [-0.05, 0) is 30.7 Å². The van der Waals surface area contributed by atoms with Crippen molar-refractivity contribution in [3.05, 3.63) is 52.8 Å². The molecule has 3 nitrogen and oxygen atoms in total. The summed E-state index contributed by atoms with van der Waals surface area (Å²) in [6, 6.07) is 8.14. The third-order valence-electron chi connectivity index (χ3n) is 4.23. The maximum absolute atomic E-state index is 12.6. The molecule has 1 aromatic carbocycles. The standard InChI is InChI=1S/C17H20N2O/c1-3-16-15(11-19(2)18-16)17(20)14-9-7-13(8-10-14)12-5-4-6-12/h7-12H,3-6H2,1-2H3. The second kappa shape index (κ2) is 5.23. The van der Waals surface area contributed by atoms with E-state index in [0.717, 1.165) is 23.2 Å². The van der Waals surface area contributed by atoms with E-state index in [4.69, 9.17) is 0 Å². The van der Waals surface area contributed by atoms with Gasteiger partial charge in [-0.15, -0.1) is 0 Å². The van der Waals surface area contributed by atoms with Crippen LogP contribution in [0.5, 0.6) is 0 Å². The van der Waals surface area contributed by atoms with Gasteiger partial charge in [0, 0.05) is 18.8 Å². The van der Waals surface area contributed by atoms with Crippen molar-refractivity contribution >= 4 is 5.78 Å². The van der Waals surface area contributed by atoms with Crippen molar-refractivity contribution in [2.45, 2.75) is 38.5 Å². The highest BCUT2D eigenvalue weighted by Crippen LogP contribution is 2.36. The Balaban J connectivity index is 1.86. The molecule has 3 rings (SSSR count). The fourth-order valence-electron chi connectivity index (χ4n) is 2.79. The number of aromatic nitrogens is 2. The van der Waals surface area contributed by atoms with E-state index in [2.05, 4.69) is 17.2 Å². The van der Waals surface area contributed by atoms with Gasteiger partial charge in [0.1, 0.15) is 0 Å². The Labute approximate surface area is 119 Å². The fourth-order valence-corrected chi connectivity index (χ4v) is 2.79. The van der Waals surface area contributed by atoms with E-state index in [-0.39, 0.29) is 5.78 Å². The first-order valence-electron chi connectivity index (χ1n) is 7.36. The monoisotopic (exact) mass is 268 g/mol. The van der Waals surface area contributed by atoms with Gasteiger partial charge in [0.25, 0.3) is 0 Å². The molecule has 0 saturated heterocycles. The van der Waals surface area contributed by atoms with Crippen LogP contribution < -0.4 is 0 Å². The fraction of sp³-hybridized carbons (Fsp3) is 0.412. The summed E-state index contributed by atoms with van der Waals surface area (Å²) in [5.41, 5.74) is 3.73. The number of benzene rings is 1. The second-order valence-electron chi connectivity index (χ2n) is 5.60. The predicted molar refractivity (Wildman–Crippen MR) is 79.1 cm³/mol. The molecule has 0 radical (unpaired) electrons. The number of hydrogen-bond donors (Lipinski definition) is 0. The molecule has 104 valence electrons. The first kappa shape index (κ1) is 13.1. The Morgan fingerprint density at radius 2 is 2.00 bits per heavy atom. The van der Waals surface area contributed by atoms with Gasteiger partial charge in [0.15, 0.2) is 5.78 Å². The van der Waals surface area contributed by atoms with Gasteiger partial charge in [-0.1, -0.05) is 37.6 Å². The third kappa shape index (κ3) is 2.28. The van der Waals surface area contributed by atoms with E-state index in [1.807, 2.05) is 32.3 Å². The summed E-state index contributed by atoms with van der Waals surface area (Å²) < 4.78 is 1.72. The van der Waals surface area contributed by atoms with Crippen molar-refractivity contribution in [3.8, 4) is 0 Å². The molecule has 1 aromatic heterocycles. The van der Waals surface area contributed by atoms with Crippen molar-refractivity contribution in [2.24, 2.45) is 7.05 Å². The van der Waals surface area contributed by atoms with Gasteiger partial charge < -0.3 is 0 Å². The van der Waals surface area contributed by atoms with Gasteiger partial charge in [-0.2, -0.15) is 5.10 Å². The zero-order chi connectivity index (χ0) is 14.1. The van der Waals surface area contributed by atoms with Crippen LogP contribution in [-0.2, 0) is 13.5 Å². The molecule has 2 aromatic rings. The molecule has 3 heteroatoms. The van der Waals surface area contributed by atoms with Crippen LogP contribution >= 0.6 is 0 Å². The third-order valence-corrected chi connectivity index (χ3v) is 4.23. The van der Waals surface area contributed by atoms with Gasteiger partial charge in [0.05, 0.1) is 11.3 Å². The number of nitrogens with zero attached hydrogens (tertiary/aromatic N) is 2. The minimum absolute atomic E-state index is 0.0788. The van der Waals surface area contributed by atoms with Crippen LogP contribution in [0, 0.1) is 0 Å². The van der Waals surface area contributed by atoms with Crippen LogP contribution in [0.4, 0.5) is 0 Å². The van der Waals surface area contributed by atoms with E-state index in [9.17, 15) is 4.79 Å². The number of carbonyl (C=O) groups excluding carboxylic acids is 1. The summed E-state index contributed by atoms with van der Waals surface area (Å²) in [6.07, 6.45) is 6.51. The Kier molecular flexibility index (Phi) is 3.43. The largest absolute Gasteiger partial charge is 0.288 e. The van der Waals surface area contributed by atoms with Gasteiger partial charge in [0.2, 0.25) is 0 Å². The average molecular weight is 268 g/mol. The van der Waals surface area contributed by atoms with Crippen molar-refractivity contribution < 1.29 is 4.79 Å². The molecule has 1 saturated carbocycles. The SMILES string of the molecule is CCc1nn(C)cc1C(=O)c1ccc(C2CCC2)cc1. The number of carbonyl (C=O) groups is 1. The second-order valence-corrected chi connectivity index (χ2v) is 5.60. The van der Waals surface area contributed by atoms with E-state index in [1.165, 1.54) is 24.8 Å². The van der Waals surface area contributed by atoms with Crippen molar-refractivity contribution in [1.29, 1.82) is 0 Å². The molecule has 0 amide bonds. The summed E-state index contributed by atoms with van der Waals surface area (Å²) in [6.45, 7) is 2.03. The van der Waals surface area contributed by atoms with Crippen LogP contribution in [0.1, 0.15) is 59.3 Å². The smallest absolute Gasteiger partial charge is 0.196 e. The molecule has 0 bridgehead atoms. The van der Waals surface area contributed by atoms with Crippen LogP contribution in [0.2, 0.25) is 0 Å². The Hall–Kier alpha value is -1.90. The zero-order valence-electron chi connectivity index (χ0n) is 12.1. The van der Waals surface area contributed by atoms with Crippen LogP contribution in [0.3, 0.4) is 0 Å². The molecule has 1 heterocycles. The maximum atomic E-state index is 12.6. The normalized spacial score (nSPS) is 15.1. The first-order chi connectivity index (χ1) is 9.69. The maximum Gasteiger partial charge on any atom is 0.196 e. The van der Waals surface area contributed by atoms with Crippen molar-refractivity contribution in [2.75, 3.05) is 0 Å². The van der Waals surface area contributed by atoms with Gasteiger partial charge in [-0.3, -0.25) is 9.48 Å². The number of ketones is 1. The number of hydrogen-bond acceptors (Lipinski definition) is 2. The van der Waals surface area contributed by atoms with Gasteiger partial charge >= 0.3 is 0 Å². The summed E-state index contributed by atoms with van der Waals surface area (Å²) in [4.78, 5) is 12.6. The quantitative estimate of drug-likeness (QED) is 0.796. The molecule has 20 heavy (non-hydrogen) atoms. The zero-order valence-corrected chi connectivity index (χ0v) is 12.1. The number of rotatable bonds is 4. The molecule has 0 N–H and O–H groups in total. The molecule has 0 unspecified atom stereocenters. The molecule has 1 aliphatic carbocycles. The van der Waals surface area contributed by atoms with E-state index >= 15 is 0 Å². The summed E-state index contributed by atoms with van der Waals surface area (Å²) in [5.74, 6) is 0.791. The molecule has 1 fully saturated rings. The summed E-state index contributed by atoms with van der Waals surface area (Å²) in [5, 5.41) is 4.34. The van der Waals surface area contributed by atoms with Crippen molar-refractivity contribution in [3.63, 3.8) is 0 Å². The van der Waals surface area contributed by atoms with Crippen LogP contribution in [0.15, 0.2) is 30.5 Å². The first-order valence-corrected chi connectivity index (χ1v) is 7.36. The highest BCUT2D eigenvalue weighted by Gasteiger charge is 2.20. The lowest BCUT2D eigenvalue weighted by Gasteiger charge is -2.25. The minimum atomic E-state index is 0.0788. The van der Waals surface area contributed by atoms with E-state index in [0.29, 0.717) is 5.92 Å². The average Bonchev–Trinajstić information content (AvgIpc) is 2.78. The highest BCUT2D eigenvalue weighted by molar-refractivity contribution is 6.09. The lowest BCUT2D eigenvalue weighted by atomic mass is 9.80. The Morgan fingerprint density at radius 1 is 1.30 bits per heavy atom. The van der Waals surface area contributed by atoms with Crippen LogP contribution in [-0.4, -0.2) is 15.6 Å². The number of aryl methyl sites for hydroxylation is 2. The Morgan fingerprint density at radius 3 is 2.55 bits per heavy atom. The molecule has 0 spiro atoms. The summed E-state index contributed by atoms with van der Waals surface area (Å²) >= 11 is 0. The molecular weight excluding hydrogens is 248 g/mol. The lowest BCUT2D eigenvalue weighted by molar-refractivity contribution is 0.103. The minimum Gasteiger partial charge on any atom is -0.288 e. The molecule has 0 aliphatic heterocycles. The predicted octanol–water partition coefficient (Wildman–Crippen LogP) is 3.48. The highest BCUT2D eigenvalue weighted by atomic mass is 16.1. The Bertz CT molecular complexity index is 621. The van der Waals surface area contributed by atoms with Gasteiger partial charge in [-0.25, -0.2) is 0 Å². The molecular formula is C17H20N2O. The summed E-state index contributed by atoms with van der Waals surface area (Å²) in [7, 11) is 1.86. The van der Waals surface area contributed by atoms with E-state index in [1.54, 1.807) is 4.68 Å². The molecule has 1 aliphatic rings. The molecule has 0 atom stereocenters. The topological polar surface area (TPSA) is 34.9 Å². The van der Waals surface area contributed by atoms with Crippen LogP contribution in [0.25, 0.3) is 0 Å². The van der Waals surface area contributed by atoms with E-state index < -0.39 is 0 Å². The lowest BCUT2D eigenvalue weighted by Crippen LogP contribution is -2.09.